The van der Waals surface area contributed by atoms with Crippen LogP contribution in [-0.2, 0) is 17.8 Å². The molecule has 0 aliphatic carbocycles. The van der Waals surface area contributed by atoms with Crippen molar-refractivity contribution in [3.05, 3.63) is 63.8 Å². The highest BCUT2D eigenvalue weighted by Gasteiger charge is 2.16. The minimum atomic E-state index is -0.452. The number of nitro groups is 1. The van der Waals surface area contributed by atoms with E-state index in [-0.39, 0.29) is 11.8 Å². The number of pyridine rings is 1. The van der Waals surface area contributed by atoms with E-state index in [1.165, 1.54) is 17.8 Å². The van der Waals surface area contributed by atoms with Gasteiger partial charge in [0, 0.05) is 32.2 Å². The summed E-state index contributed by atoms with van der Waals surface area (Å²) in [4.78, 5) is 16.7. The molecule has 2 heterocycles. The first-order chi connectivity index (χ1) is 12.1. The van der Waals surface area contributed by atoms with Gasteiger partial charge < -0.3 is 10.1 Å². The fraction of sp³-hybridized carbons (Fsp3) is 0.389. The third kappa shape index (κ3) is 4.98. The zero-order valence-electron chi connectivity index (χ0n) is 14.2. The van der Waals surface area contributed by atoms with E-state index in [1.54, 1.807) is 6.07 Å². The van der Waals surface area contributed by atoms with Crippen molar-refractivity contribution in [3.8, 4) is 0 Å². The molecule has 1 aromatic carbocycles. The van der Waals surface area contributed by atoms with Crippen LogP contribution in [0.25, 0.3) is 0 Å². The zero-order chi connectivity index (χ0) is 17.6. The van der Waals surface area contributed by atoms with Crippen molar-refractivity contribution in [1.82, 2.24) is 9.88 Å². The van der Waals surface area contributed by atoms with Crippen molar-refractivity contribution in [3.63, 3.8) is 0 Å². The van der Waals surface area contributed by atoms with E-state index in [4.69, 9.17) is 4.74 Å². The maximum atomic E-state index is 10.6. The number of nitrogens with one attached hydrogen (secondary N) is 1. The van der Waals surface area contributed by atoms with Crippen LogP contribution in [0.15, 0.2) is 42.6 Å². The molecule has 1 saturated heterocycles. The fourth-order valence-electron chi connectivity index (χ4n) is 2.92. The Hall–Kier alpha value is -2.51. The Labute approximate surface area is 146 Å². The summed E-state index contributed by atoms with van der Waals surface area (Å²) in [5, 5.41) is 13.8. The van der Waals surface area contributed by atoms with Gasteiger partial charge in [-0.05, 0) is 24.1 Å². The van der Waals surface area contributed by atoms with Crippen molar-refractivity contribution < 1.29 is 9.66 Å². The number of benzene rings is 1. The van der Waals surface area contributed by atoms with E-state index in [0.717, 1.165) is 31.8 Å². The number of anilines is 1. The summed E-state index contributed by atoms with van der Waals surface area (Å²) in [6.45, 7) is 6.34. The number of aromatic nitrogens is 1. The largest absolute Gasteiger partial charge is 0.376 e. The minimum absolute atomic E-state index is 0.00714. The van der Waals surface area contributed by atoms with Gasteiger partial charge >= 0.3 is 0 Å². The van der Waals surface area contributed by atoms with Crippen LogP contribution in [-0.4, -0.2) is 40.6 Å². The van der Waals surface area contributed by atoms with E-state index < -0.39 is 4.92 Å². The SMILES string of the molecule is CC1CN(Cc2cccc(CNc3ccc([N+](=O)[O-])cn3)c2)CCO1. The Morgan fingerprint density at radius 3 is 2.92 bits per heavy atom. The average molecular weight is 342 g/mol. The third-order valence-electron chi connectivity index (χ3n) is 4.16. The minimum Gasteiger partial charge on any atom is -0.376 e. The lowest BCUT2D eigenvalue weighted by atomic mass is 10.1. The van der Waals surface area contributed by atoms with Crippen LogP contribution in [0.3, 0.4) is 0 Å². The monoisotopic (exact) mass is 342 g/mol. The summed E-state index contributed by atoms with van der Waals surface area (Å²) >= 11 is 0. The van der Waals surface area contributed by atoms with Gasteiger partial charge in [-0.2, -0.15) is 0 Å². The Kier molecular flexibility index (Phi) is 5.57. The highest BCUT2D eigenvalue weighted by atomic mass is 16.6. The van der Waals surface area contributed by atoms with E-state index in [0.29, 0.717) is 12.4 Å². The van der Waals surface area contributed by atoms with Crippen LogP contribution >= 0.6 is 0 Å². The molecule has 0 bridgehead atoms. The summed E-state index contributed by atoms with van der Waals surface area (Å²) in [7, 11) is 0. The van der Waals surface area contributed by atoms with Crippen LogP contribution in [0, 0.1) is 10.1 Å². The van der Waals surface area contributed by atoms with Gasteiger partial charge in [0.25, 0.3) is 5.69 Å². The number of nitrogens with zero attached hydrogens (tertiary/aromatic N) is 3. The van der Waals surface area contributed by atoms with E-state index in [2.05, 4.69) is 46.4 Å². The molecule has 1 aliphatic heterocycles. The highest BCUT2D eigenvalue weighted by Crippen LogP contribution is 2.15. The van der Waals surface area contributed by atoms with Gasteiger partial charge in [-0.1, -0.05) is 24.3 Å². The Morgan fingerprint density at radius 2 is 2.20 bits per heavy atom. The van der Waals surface area contributed by atoms with Crippen LogP contribution in [0.4, 0.5) is 11.5 Å². The molecular weight excluding hydrogens is 320 g/mol. The maximum Gasteiger partial charge on any atom is 0.287 e. The number of rotatable bonds is 6. The van der Waals surface area contributed by atoms with E-state index >= 15 is 0 Å². The van der Waals surface area contributed by atoms with Gasteiger partial charge in [0.1, 0.15) is 12.0 Å². The predicted octanol–water partition coefficient (Wildman–Crippen LogP) is 2.82. The second-order valence-electron chi connectivity index (χ2n) is 6.25. The van der Waals surface area contributed by atoms with E-state index in [9.17, 15) is 10.1 Å². The Balaban J connectivity index is 1.57. The molecule has 132 valence electrons. The van der Waals surface area contributed by atoms with Crippen LogP contribution in [0.5, 0.6) is 0 Å². The molecule has 0 saturated carbocycles. The molecule has 1 unspecified atom stereocenters. The van der Waals surface area contributed by atoms with Crippen molar-refractivity contribution >= 4 is 11.5 Å². The lowest BCUT2D eigenvalue weighted by Crippen LogP contribution is -2.40. The molecule has 1 N–H and O–H groups in total. The first-order valence-electron chi connectivity index (χ1n) is 8.36. The molecule has 0 amide bonds. The van der Waals surface area contributed by atoms with Crippen molar-refractivity contribution in [1.29, 1.82) is 0 Å². The third-order valence-corrected chi connectivity index (χ3v) is 4.16. The molecule has 7 nitrogen and oxygen atoms in total. The van der Waals surface area contributed by atoms with Crippen LogP contribution < -0.4 is 5.32 Å². The second kappa shape index (κ2) is 8.04. The number of hydrogen-bond acceptors (Lipinski definition) is 6. The summed E-state index contributed by atoms with van der Waals surface area (Å²) in [6, 6.07) is 11.5. The first-order valence-corrected chi connectivity index (χ1v) is 8.36. The van der Waals surface area contributed by atoms with Gasteiger partial charge in [0.15, 0.2) is 0 Å². The lowest BCUT2D eigenvalue weighted by Gasteiger charge is -2.31. The quantitative estimate of drug-likeness (QED) is 0.642. The summed E-state index contributed by atoms with van der Waals surface area (Å²) < 4.78 is 5.58. The Bertz CT molecular complexity index is 721. The van der Waals surface area contributed by atoms with Crippen LogP contribution in [0.2, 0.25) is 0 Å². The summed E-state index contributed by atoms with van der Waals surface area (Å²) in [5.41, 5.74) is 2.41. The Morgan fingerprint density at radius 1 is 1.36 bits per heavy atom. The molecule has 2 aromatic rings. The summed E-state index contributed by atoms with van der Waals surface area (Å²) in [6.07, 6.45) is 1.55. The molecule has 1 atom stereocenters. The predicted molar refractivity (Wildman–Crippen MR) is 95.4 cm³/mol. The van der Waals surface area contributed by atoms with Gasteiger partial charge in [-0.15, -0.1) is 0 Å². The average Bonchev–Trinajstić information content (AvgIpc) is 2.61. The van der Waals surface area contributed by atoms with Gasteiger partial charge in [0.2, 0.25) is 0 Å². The maximum absolute atomic E-state index is 10.6. The molecule has 1 aliphatic rings. The number of hydrogen-bond donors (Lipinski definition) is 1. The van der Waals surface area contributed by atoms with Gasteiger partial charge in [0.05, 0.1) is 17.6 Å². The molecule has 7 heteroatoms. The first kappa shape index (κ1) is 17.3. The molecule has 1 aromatic heterocycles. The second-order valence-corrected chi connectivity index (χ2v) is 6.25. The van der Waals surface area contributed by atoms with Crippen molar-refractivity contribution in [2.24, 2.45) is 0 Å². The van der Waals surface area contributed by atoms with Crippen molar-refractivity contribution in [2.75, 3.05) is 25.0 Å². The topological polar surface area (TPSA) is 80.5 Å². The fourth-order valence-corrected chi connectivity index (χ4v) is 2.92. The van der Waals surface area contributed by atoms with Crippen molar-refractivity contribution in [2.45, 2.75) is 26.1 Å². The van der Waals surface area contributed by atoms with Gasteiger partial charge in [-0.3, -0.25) is 15.0 Å². The smallest absolute Gasteiger partial charge is 0.287 e. The molecular formula is C18H22N4O3. The van der Waals surface area contributed by atoms with E-state index in [1.807, 2.05) is 0 Å². The highest BCUT2D eigenvalue weighted by molar-refractivity contribution is 5.41. The molecule has 0 radical (unpaired) electrons. The molecule has 3 rings (SSSR count). The molecule has 25 heavy (non-hydrogen) atoms. The zero-order valence-corrected chi connectivity index (χ0v) is 14.2. The van der Waals surface area contributed by atoms with Gasteiger partial charge in [-0.25, -0.2) is 4.98 Å². The normalized spacial score (nSPS) is 18.0. The summed E-state index contributed by atoms with van der Waals surface area (Å²) in [5.74, 6) is 0.623. The molecule has 0 spiro atoms. The van der Waals surface area contributed by atoms with Crippen LogP contribution in [0.1, 0.15) is 18.1 Å². The lowest BCUT2D eigenvalue weighted by molar-refractivity contribution is -0.385. The standard InChI is InChI=1S/C18H22N4O3/c1-14-12-21(7-8-25-14)13-16-4-2-3-15(9-16)10-19-18-6-5-17(11-20-18)22(23)24/h2-6,9,11,14H,7-8,10,12-13H2,1H3,(H,19,20). The molecule has 1 fully saturated rings. The number of morpholine rings is 1. The number of ether oxygens (including phenoxy) is 1.